The molecule has 112 valence electrons. The van der Waals surface area contributed by atoms with Crippen LogP contribution in [-0.2, 0) is 16.0 Å². The molecule has 1 atom stereocenters. The molecule has 1 unspecified atom stereocenters. The number of ether oxygens (including phenoxy) is 1. The van der Waals surface area contributed by atoms with Gasteiger partial charge in [-0.25, -0.2) is 4.79 Å². The van der Waals surface area contributed by atoms with E-state index >= 15 is 0 Å². The van der Waals surface area contributed by atoms with Gasteiger partial charge in [0.2, 0.25) is 0 Å². The fourth-order valence-electron chi connectivity index (χ4n) is 4.10. The monoisotopic (exact) mass is 284 g/mol. The minimum Gasteiger partial charge on any atom is -0.454 e. The quantitative estimate of drug-likeness (QED) is 0.579. The lowest BCUT2D eigenvalue weighted by Gasteiger charge is -2.36. The highest BCUT2D eigenvalue weighted by Crippen LogP contribution is 2.54. The third-order valence-corrected chi connectivity index (χ3v) is 5.19. The second-order valence-electron chi connectivity index (χ2n) is 6.69. The normalized spacial score (nSPS) is 23.4. The average molecular weight is 284 g/mol. The Morgan fingerprint density at radius 2 is 1.86 bits per heavy atom. The standard InChI is InChI=1S/C19H24O2/c1-14(2)18(20)21-17-16-10-4-3-8-15(16)9-7-13-19(17)11-5-6-12-19/h3-4,8,10,17H,1,5-7,9,11-13H2,2H3. The number of hydrogen-bond donors (Lipinski definition) is 0. The van der Waals surface area contributed by atoms with Gasteiger partial charge in [0.25, 0.3) is 0 Å². The molecule has 1 aromatic carbocycles. The van der Waals surface area contributed by atoms with Crippen molar-refractivity contribution in [3.8, 4) is 0 Å². The first-order chi connectivity index (χ1) is 10.1. The Bertz CT molecular complexity index is 552. The summed E-state index contributed by atoms with van der Waals surface area (Å²) in [5.74, 6) is -0.247. The van der Waals surface area contributed by atoms with Crippen molar-refractivity contribution < 1.29 is 9.53 Å². The second kappa shape index (κ2) is 5.67. The molecule has 0 saturated heterocycles. The van der Waals surface area contributed by atoms with Gasteiger partial charge in [-0.05, 0) is 50.2 Å². The van der Waals surface area contributed by atoms with Gasteiger partial charge in [0.15, 0.2) is 0 Å². The fraction of sp³-hybridized carbons (Fsp3) is 0.526. The largest absolute Gasteiger partial charge is 0.454 e. The number of esters is 1. The Morgan fingerprint density at radius 3 is 2.57 bits per heavy atom. The number of carbonyl (C=O) groups is 1. The third-order valence-electron chi connectivity index (χ3n) is 5.19. The van der Waals surface area contributed by atoms with E-state index in [2.05, 4.69) is 30.8 Å². The Labute approximate surface area is 127 Å². The van der Waals surface area contributed by atoms with Gasteiger partial charge in [-0.2, -0.15) is 0 Å². The van der Waals surface area contributed by atoms with Crippen LogP contribution in [-0.4, -0.2) is 5.97 Å². The molecule has 1 saturated carbocycles. The number of hydrogen-bond acceptors (Lipinski definition) is 2. The molecule has 0 radical (unpaired) electrons. The van der Waals surface area contributed by atoms with Gasteiger partial charge in [0.1, 0.15) is 6.10 Å². The highest BCUT2D eigenvalue weighted by atomic mass is 16.5. The number of carbonyl (C=O) groups excluding carboxylic acids is 1. The molecule has 2 nitrogen and oxygen atoms in total. The first-order valence-corrected chi connectivity index (χ1v) is 8.07. The van der Waals surface area contributed by atoms with E-state index in [1.807, 2.05) is 0 Å². The van der Waals surface area contributed by atoms with Crippen molar-refractivity contribution >= 4 is 5.97 Å². The average Bonchev–Trinajstić information content (AvgIpc) is 2.88. The van der Waals surface area contributed by atoms with Crippen molar-refractivity contribution in [2.75, 3.05) is 0 Å². The van der Waals surface area contributed by atoms with Gasteiger partial charge in [-0.15, -0.1) is 0 Å². The summed E-state index contributed by atoms with van der Waals surface area (Å²) in [4.78, 5) is 12.2. The van der Waals surface area contributed by atoms with Gasteiger partial charge >= 0.3 is 5.97 Å². The smallest absolute Gasteiger partial charge is 0.333 e. The topological polar surface area (TPSA) is 26.3 Å². The van der Waals surface area contributed by atoms with Gasteiger partial charge in [0.05, 0.1) is 0 Å². The van der Waals surface area contributed by atoms with Crippen molar-refractivity contribution in [2.24, 2.45) is 5.41 Å². The van der Waals surface area contributed by atoms with Gasteiger partial charge < -0.3 is 4.74 Å². The van der Waals surface area contributed by atoms with Crippen molar-refractivity contribution in [3.63, 3.8) is 0 Å². The Kier molecular flexibility index (Phi) is 3.88. The zero-order valence-electron chi connectivity index (χ0n) is 12.9. The SMILES string of the molecule is C=C(C)C(=O)OC1c2ccccc2CCCC12CCCC2. The van der Waals surface area contributed by atoms with E-state index in [0.29, 0.717) is 5.57 Å². The second-order valence-corrected chi connectivity index (χ2v) is 6.69. The lowest BCUT2D eigenvalue weighted by molar-refractivity contribution is -0.152. The lowest BCUT2D eigenvalue weighted by atomic mass is 9.75. The van der Waals surface area contributed by atoms with Gasteiger partial charge in [0, 0.05) is 11.0 Å². The van der Waals surface area contributed by atoms with E-state index in [0.717, 1.165) is 12.8 Å². The van der Waals surface area contributed by atoms with E-state index in [1.54, 1.807) is 6.92 Å². The summed E-state index contributed by atoms with van der Waals surface area (Å²) in [6.07, 6.45) is 8.22. The maximum absolute atomic E-state index is 12.2. The van der Waals surface area contributed by atoms with Crippen LogP contribution in [0.15, 0.2) is 36.4 Å². The first kappa shape index (κ1) is 14.4. The molecular formula is C19H24O2. The molecule has 0 N–H and O–H groups in total. The summed E-state index contributed by atoms with van der Waals surface area (Å²) in [7, 11) is 0. The van der Waals surface area contributed by atoms with Crippen LogP contribution < -0.4 is 0 Å². The summed E-state index contributed by atoms with van der Waals surface area (Å²) < 4.78 is 5.96. The third kappa shape index (κ3) is 2.64. The molecule has 21 heavy (non-hydrogen) atoms. The predicted molar refractivity (Wildman–Crippen MR) is 83.9 cm³/mol. The summed E-state index contributed by atoms with van der Waals surface area (Å²) in [5, 5.41) is 0. The molecule has 0 bridgehead atoms. The van der Waals surface area contributed by atoms with E-state index in [1.165, 1.54) is 43.2 Å². The van der Waals surface area contributed by atoms with Gasteiger partial charge in [-0.3, -0.25) is 0 Å². The highest BCUT2D eigenvalue weighted by molar-refractivity contribution is 5.87. The molecule has 1 spiro atoms. The van der Waals surface area contributed by atoms with Crippen molar-refractivity contribution in [2.45, 2.75) is 58.0 Å². The first-order valence-electron chi connectivity index (χ1n) is 8.07. The van der Waals surface area contributed by atoms with Crippen LogP contribution >= 0.6 is 0 Å². The van der Waals surface area contributed by atoms with Crippen LogP contribution in [0.3, 0.4) is 0 Å². The van der Waals surface area contributed by atoms with Crippen LogP contribution in [0.1, 0.15) is 62.7 Å². The molecule has 1 aromatic rings. The molecule has 2 aliphatic rings. The van der Waals surface area contributed by atoms with Crippen LogP contribution in [0.25, 0.3) is 0 Å². The Balaban J connectivity index is 2.02. The van der Waals surface area contributed by atoms with E-state index in [-0.39, 0.29) is 17.5 Å². The minimum absolute atomic E-state index is 0.0945. The van der Waals surface area contributed by atoms with Crippen LogP contribution in [0.2, 0.25) is 0 Å². The summed E-state index contributed by atoms with van der Waals surface area (Å²) in [6, 6.07) is 8.49. The maximum Gasteiger partial charge on any atom is 0.333 e. The van der Waals surface area contributed by atoms with Crippen molar-refractivity contribution in [3.05, 3.63) is 47.5 Å². The molecule has 3 rings (SSSR count). The highest BCUT2D eigenvalue weighted by Gasteiger charge is 2.45. The number of benzene rings is 1. The van der Waals surface area contributed by atoms with E-state index < -0.39 is 0 Å². The van der Waals surface area contributed by atoms with Crippen molar-refractivity contribution in [1.82, 2.24) is 0 Å². The lowest BCUT2D eigenvalue weighted by Crippen LogP contribution is -2.29. The zero-order chi connectivity index (χ0) is 14.9. The molecule has 0 heterocycles. The van der Waals surface area contributed by atoms with Crippen LogP contribution in [0.5, 0.6) is 0 Å². The molecular weight excluding hydrogens is 260 g/mol. The van der Waals surface area contributed by atoms with E-state index in [9.17, 15) is 4.79 Å². The van der Waals surface area contributed by atoms with Gasteiger partial charge in [-0.1, -0.05) is 43.7 Å². The summed E-state index contributed by atoms with van der Waals surface area (Å²) in [6.45, 7) is 5.47. The molecule has 1 fully saturated rings. The minimum atomic E-state index is -0.247. The summed E-state index contributed by atoms with van der Waals surface area (Å²) in [5.41, 5.74) is 3.22. The van der Waals surface area contributed by atoms with Crippen LogP contribution in [0.4, 0.5) is 0 Å². The number of aryl methyl sites for hydroxylation is 1. The Morgan fingerprint density at radius 1 is 1.19 bits per heavy atom. The number of fused-ring (bicyclic) bond motifs is 1. The van der Waals surface area contributed by atoms with Crippen LogP contribution in [0, 0.1) is 5.41 Å². The van der Waals surface area contributed by atoms with E-state index in [4.69, 9.17) is 4.74 Å². The molecule has 2 heteroatoms. The molecule has 0 amide bonds. The Hall–Kier alpha value is -1.57. The molecule has 2 aliphatic carbocycles. The molecule has 0 aromatic heterocycles. The maximum atomic E-state index is 12.2. The zero-order valence-corrected chi connectivity index (χ0v) is 12.9. The predicted octanol–water partition coefficient (Wildman–Crippen LogP) is 4.74. The summed E-state index contributed by atoms with van der Waals surface area (Å²) >= 11 is 0. The number of rotatable bonds is 2. The fourth-order valence-corrected chi connectivity index (χ4v) is 4.10. The molecule has 0 aliphatic heterocycles. The van der Waals surface area contributed by atoms with Crippen molar-refractivity contribution in [1.29, 1.82) is 0 Å².